The second-order valence-electron chi connectivity index (χ2n) is 2.88. The molecule has 0 aliphatic heterocycles. The number of carbonyl (C=O) groups is 2. The first-order valence-corrected chi connectivity index (χ1v) is 4.23. The average Bonchev–Trinajstić information content (AvgIpc) is 2.15. The molecule has 82 valence electrons. The van der Waals surface area contributed by atoms with Crippen LogP contribution in [-0.2, 0) is 9.63 Å². The Labute approximate surface area is 83.0 Å². The van der Waals surface area contributed by atoms with Gasteiger partial charge < -0.3 is 10.0 Å². The Balaban J connectivity index is 3.64. The lowest BCUT2D eigenvalue weighted by Crippen LogP contribution is -2.29. The highest BCUT2D eigenvalue weighted by Gasteiger charge is 2.09. The van der Waals surface area contributed by atoms with Crippen molar-refractivity contribution in [1.29, 1.82) is 0 Å². The molecule has 0 rings (SSSR count). The van der Waals surface area contributed by atoms with Crippen LogP contribution in [0, 0.1) is 0 Å². The van der Waals surface area contributed by atoms with Crippen LogP contribution >= 0.6 is 0 Å². The highest BCUT2D eigenvalue weighted by atomic mass is 16.7. The third-order valence-electron chi connectivity index (χ3n) is 1.84. The summed E-state index contributed by atoms with van der Waals surface area (Å²) in [5.74, 6) is -0.161. The number of hydroxylamine groups is 2. The van der Waals surface area contributed by atoms with Crippen LogP contribution < -0.4 is 0 Å². The summed E-state index contributed by atoms with van der Waals surface area (Å²) in [7, 11) is 4.39. The largest absolute Gasteiger partial charge is 0.465 e. The molecule has 0 fully saturated rings. The van der Waals surface area contributed by atoms with Crippen molar-refractivity contribution in [3.63, 3.8) is 0 Å². The molecule has 6 nitrogen and oxygen atoms in total. The molecule has 0 aromatic rings. The number of carboxylic acid groups (broad SMARTS) is 1. The summed E-state index contributed by atoms with van der Waals surface area (Å²) in [6.07, 6.45) is -0.213. The van der Waals surface area contributed by atoms with Crippen molar-refractivity contribution < 1.29 is 19.5 Å². The lowest BCUT2D eigenvalue weighted by atomic mass is 10.3. The third kappa shape index (κ3) is 4.66. The van der Waals surface area contributed by atoms with E-state index < -0.39 is 6.09 Å². The van der Waals surface area contributed by atoms with Crippen LogP contribution in [0.25, 0.3) is 0 Å². The molecule has 0 radical (unpaired) electrons. The summed E-state index contributed by atoms with van der Waals surface area (Å²) in [5.41, 5.74) is 0. The Morgan fingerprint density at radius 3 is 2.36 bits per heavy atom. The van der Waals surface area contributed by atoms with Crippen LogP contribution in [0.2, 0.25) is 0 Å². The Hall–Kier alpha value is -1.30. The summed E-state index contributed by atoms with van der Waals surface area (Å²) in [4.78, 5) is 27.3. The van der Waals surface area contributed by atoms with Gasteiger partial charge in [-0.25, -0.2) is 9.86 Å². The van der Waals surface area contributed by atoms with Crippen molar-refractivity contribution in [3.8, 4) is 0 Å². The van der Waals surface area contributed by atoms with E-state index in [2.05, 4.69) is 4.84 Å². The molecule has 14 heavy (non-hydrogen) atoms. The summed E-state index contributed by atoms with van der Waals surface area (Å²) >= 11 is 0. The summed E-state index contributed by atoms with van der Waals surface area (Å²) in [6.45, 7) is 0.346. The first-order valence-electron chi connectivity index (χ1n) is 4.23. The molecule has 0 aliphatic rings. The van der Waals surface area contributed by atoms with Gasteiger partial charge in [0.2, 0.25) is 5.91 Å². The van der Waals surface area contributed by atoms with E-state index in [1.54, 1.807) is 0 Å². The molecule has 0 saturated heterocycles. The van der Waals surface area contributed by atoms with Gasteiger partial charge in [0.05, 0.1) is 7.11 Å². The third-order valence-corrected chi connectivity index (χ3v) is 1.84. The van der Waals surface area contributed by atoms with Crippen molar-refractivity contribution in [2.24, 2.45) is 0 Å². The fraction of sp³-hybridized carbons (Fsp3) is 0.750. The molecule has 0 spiro atoms. The van der Waals surface area contributed by atoms with Gasteiger partial charge in [-0.2, -0.15) is 0 Å². The van der Waals surface area contributed by atoms with E-state index in [9.17, 15) is 9.59 Å². The molecule has 0 heterocycles. The minimum absolute atomic E-state index is 0.161. The zero-order valence-corrected chi connectivity index (χ0v) is 8.69. The summed E-state index contributed by atoms with van der Waals surface area (Å²) in [5, 5.41) is 9.63. The number of amides is 2. The van der Waals surface area contributed by atoms with Gasteiger partial charge in [0.1, 0.15) is 0 Å². The quantitative estimate of drug-likeness (QED) is 0.658. The zero-order chi connectivity index (χ0) is 11.1. The number of hydrogen-bond donors (Lipinski definition) is 1. The van der Waals surface area contributed by atoms with Crippen molar-refractivity contribution in [3.05, 3.63) is 0 Å². The van der Waals surface area contributed by atoms with Crippen molar-refractivity contribution in [1.82, 2.24) is 9.96 Å². The smallest absolute Gasteiger partial charge is 0.407 e. The number of nitrogens with zero attached hydrogens (tertiary/aromatic N) is 2. The Morgan fingerprint density at radius 1 is 1.36 bits per heavy atom. The lowest BCUT2D eigenvalue weighted by Gasteiger charge is -2.15. The first kappa shape index (κ1) is 12.7. The van der Waals surface area contributed by atoms with Crippen LogP contribution in [0.15, 0.2) is 0 Å². The lowest BCUT2D eigenvalue weighted by molar-refractivity contribution is -0.168. The Morgan fingerprint density at radius 2 is 1.93 bits per heavy atom. The molecule has 0 aromatic heterocycles. The van der Waals surface area contributed by atoms with Crippen molar-refractivity contribution in [2.45, 2.75) is 12.8 Å². The van der Waals surface area contributed by atoms with Crippen LogP contribution in [-0.4, -0.2) is 54.8 Å². The standard InChI is InChI=1S/C8H16N2O4/c1-9(8(12)13)6-4-5-7(11)10(2)14-3/h4-6H2,1-3H3,(H,12,13). The molecule has 0 aromatic carbocycles. The normalized spacial score (nSPS) is 9.64. The Bertz CT molecular complexity index is 208. The van der Waals surface area contributed by atoms with Crippen LogP contribution in [0.4, 0.5) is 4.79 Å². The molecule has 1 N–H and O–H groups in total. The Kier molecular flexibility index (Phi) is 5.62. The van der Waals surface area contributed by atoms with Gasteiger partial charge in [0.25, 0.3) is 0 Å². The number of carbonyl (C=O) groups excluding carboxylic acids is 1. The fourth-order valence-corrected chi connectivity index (χ4v) is 0.822. The van der Waals surface area contributed by atoms with Crippen molar-refractivity contribution in [2.75, 3.05) is 27.7 Å². The highest BCUT2D eigenvalue weighted by Crippen LogP contribution is 1.97. The number of hydrogen-bond acceptors (Lipinski definition) is 3. The van der Waals surface area contributed by atoms with Gasteiger partial charge in [-0.05, 0) is 6.42 Å². The monoisotopic (exact) mass is 204 g/mol. The van der Waals surface area contributed by atoms with Crippen molar-refractivity contribution >= 4 is 12.0 Å². The van der Waals surface area contributed by atoms with E-state index in [-0.39, 0.29) is 12.3 Å². The molecule has 0 unspecified atom stereocenters. The second-order valence-corrected chi connectivity index (χ2v) is 2.88. The van der Waals surface area contributed by atoms with Gasteiger partial charge in [0, 0.05) is 27.1 Å². The maximum atomic E-state index is 11.2. The molecule has 0 atom stereocenters. The molecule has 0 saturated carbocycles. The second kappa shape index (κ2) is 6.20. The van der Waals surface area contributed by atoms with Crippen LogP contribution in [0.1, 0.15) is 12.8 Å². The van der Waals surface area contributed by atoms with E-state index in [0.29, 0.717) is 13.0 Å². The van der Waals surface area contributed by atoms with Gasteiger partial charge >= 0.3 is 6.09 Å². The topological polar surface area (TPSA) is 70.1 Å². The maximum absolute atomic E-state index is 11.2. The van der Waals surface area contributed by atoms with Gasteiger partial charge in [-0.15, -0.1) is 0 Å². The molecule has 2 amide bonds. The van der Waals surface area contributed by atoms with Gasteiger partial charge in [-0.1, -0.05) is 0 Å². The van der Waals surface area contributed by atoms with Gasteiger partial charge in [-0.3, -0.25) is 9.63 Å². The fourth-order valence-electron chi connectivity index (χ4n) is 0.822. The van der Waals surface area contributed by atoms with Gasteiger partial charge in [0.15, 0.2) is 0 Å². The summed E-state index contributed by atoms with van der Waals surface area (Å²) < 4.78 is 0. The van der Waals surface area contributed by atoms with E-state index >= 15 is 0 Å². The molecule has 0 bridgehead atoms. The highest BCUT2D eigenvalue weighted by molar-refractivity contribution is 5.74. The maximum Gasteiger partial charge on any atom is 0.407 e. The molecule has 0 aliphatic carbocycles. The molecular weight excluding hydrogens is 188 g/mol. The van der Waals surface area contributed by atoms with E-state index in [4.69, 9.17) is 5.11 Å². The van der Waals surface area contributed by atoms with Crippen LogP contribution in [0.5, 0.6) is 0 Å². The van der Waals surface area contributed by atoms with E-state index in [1.807, 2.05) is 0 Å². The summed E-state index contributed by atoms with van der Waals surface area (Å²) in [6, 6.07) is 0. The average molecular weight is 204 g/mol. The minimum Gasteiger partial charge on any atom is -0.465 e. The molecular formula is C8H16N2O4. The van der Waals surface area contributed by atoms with E-state index in [1.165, 1.54) is 21.2 Å². The van der Waals surface area contributed by atoms with Crippen LogP contribution in [0.3, 0.4) is 0 Å². The minimum atomic E-state index is -0.988. The predicted molar refractivity (Wildman–Crippen MR) is 49.7 cm³/mol. The predicted octanol–water partition coefficient (Wildman–Crippen LogP) is 0.396. The van der Waals surface area contributed by atoms with E-state index in [0.717, 1.165) is 9.96 Å². The SMILES string of the molecule is CON(C)C(=O)CCCN(C)C(=O)O. The number of rotatable bonds is 5. The first-order chi connectivity index (χ1) is 6.49. The molecule has 6 heteroatoms. The zero-order valence-electron chi connectivity index (χ0n) is 8.69.